The summed E-state index contributed by atoms with van der Waals surface area (Å²) in [6, 6.07) is 0. The molecule has 1 heterocycles. The van der Waals surface area contributed by atoms with Crippen molar-refractivity contribution in [1.29, 1.82) is 0 Å². The molecule has 1 aliphatic rings. The zero-order valence-electron chi connectivity index (χ0n) is 8.12. The molecule has 0 aromatic heterocycles. The van der Waals surface area contributed by atoms with Gasteiger partial charge in [0, 0.05) is 12.8 Å². The van der Waals surface area contributed by atoms with Gasteiger partial charge in [-0.05, 0) is 6.42 Å². The monoisotopic (exact) mass is 219 g/mol. The minimum atomic E-state index is -2.65. The maximum atomic E-state index is 11.4. The highest BCUT2D eigenvalue weighted by Gasteiger charge is 2.33. The van der Waals surface area contributed by atoms with Crippen molar-refractivity contribution in [1.82, 2.24) is 4.67 Å². The van der Waals surface area contributed by atoms with E-state index >= 15 is 0 Å². The largest absolute Gasteiger partial charge is 0.315 e. The third-order valence-electron chi connectivity index (χ3n) is 1.96. The Bertz CT molecular complexity index is 250. The minimum absolute atomic E-state index is 0.159. The normalized spacial score (nSPS) is 19.1. The Balaban J connectivity index is 2.43. The van der Waals surface area contributed by atoms with Gasteiger partial charge in [-0.15, -0.1) is 0 Å². The number of amides is 2. The number of carbonyl (C=O) groups is 2. The summed E-state index contributed by atoms with van der Waals surface area (Å²) in [6.07, 6.45) is 2.03. The molecule has 2 amide bonds. The van der Waals surface area contributed by atoms with E-state index in [2.05, 4.69) is 0 Å². The van der Waals surface area contributed by atoms with Crippen molar-refractivity contribution < 1.29 is 18.7 Å². The second-order valence-electron chi connectivity index (χ2n) is 3.09. The first kappa shape index (κ1) is 11.4. The summed E-state index contributed by atoms with van der Waals surface area (Å²) in [5, 5.41) is 0. The molecule has 1 rings (SSSR count). The standard InChI is InChI=1S/C8H14NO4P/c1-2-3-6-13-14(12)9-7(10)4-5-8(9)11/h14H,2-6H2,1H3. The molecular formula is C8H14NO4P. The average molecular weight is 219 g/mol. The van der Waals surface area contributed by atoms with E-state index in [4.69, 9.17) is 4.52 Å². The van der Waals surface area contributed by atoms with E-state index in [9.17, 15) is 14.2 Å². The fraction of sp³-hybridized carbons (Fsp3) is 0.750. The molecule has 5 nitrogen and oxygen atoms in total. The van der Waals surface area contributed by atoms with E-state index in [1.807, 2.05) is 6.92 Å². The summed E-state index contributed by atoms with van der Waals surface area (Å²) >= 11 is 0. The van der Waals surface area contributed by atoms with Crippen LogP contribution < -0.4 is 0 Å². The average Bonchev–Trinajstić information content (AvgIpc) is 2.46. The van der Waals surface area contributed by atoms with Crippen LogP contribution in [-0.2, 0) is 18.7 Å². The number of nitrogens with zero attached hydrogens (tertiary/aromatic N) is 1. The first-order chi connectivity index (χ1) is 6.66. The number of imide groups is 1. The van der Waals surface area contributed by atoms with Crippen molar-refractivity contribution in [3.63, 3.8) is 0 Å². The van der Waals surface area contributed by atoms with Crippen LogP contribution >= 0.6 is 8.18 Å². The van der Waals surface area contributed by atoms with E-state index in [-0.39, 0.29) is 24.7 Å². The zero-order valence-corrected chi connectivity index (χ0v) is 9.12. The van der Waals surface area contributed by atoms with Crippen LogP contribution in [0.1, 0.15) is 32.6 Å². The van der Waals surface area contributed by atoms with Crippen molar-refractivity contribution in [2.75, 3.05) is 6.61 Å². The van der Waals surface area contributed by atoms with Crippen molar-refractivity contribution in [3.8, 4) is 0 Å². The first-order valence-corrected chi connectivity index (χ1v) is 5.95. The second kappa shape index (κ2) is 5.27. The Labute approximate surface area is 83.3 Å². The molecule has 1 saturated heterocycles. The lowest BCUT2D eigenvalue weighted by atomic mass is 10.4. The molecule has 0 saturated carbocycles. The van der Waals surface area contributed by atoms with Crippen LogP contribution in [-0.4, -0.2) is 23.1 Å². The minimum Gasteiger partial charge on any atom is -0.315 e. The van der Waals surface area contributed by atoms with Crippen LogP contribution in [0.25, 0.3) is 0 Å². The van der Waals surface area contributed by atoms with Gasteiger partial charge in [-0.2, -0.15) is 0 Å². The molecule has 14 heavy (non-hydrogen) atoms. The molecular weight excluding hydrogens is 205 g/mol. The second-order valence-corrected chi connectivity index (χ2v) is 4.36. The maximum absolute atomic E-state index is 11.4. The molecule has 1 unspecified atom stereocenters. The quantitative estimate of drug-likeness (QED) is 0.397. The fourth-order valence-electron chi connectivity index (χ4n) is 1.15. The summed E-state index contributed by atoms with van der Waals surface area (Å²) < 4.78 is 17.1. The number of carbonyl (C=O) groups excluding carboxylic acids is 2. The first-order valence-electron chi connectivity index (χ1n) is 4.69. The molecule has 6 heteroatoms. The number of hydrogen-bond donors (Lipinski definition) is 0. The van der Waals surface area contributed by atoms with E-state index < -0.39 is 8.18 Å². The van der Waals surface area contributed by atoms with E-state index in [1.54, 1.807) is 0 Å². The Hall–Kier alpha value is -0.670. The highest BCUT2D eigenvalue weighted by Crippen LogP contribution is 2.34. The van der Waals surface area contributed by atoms with Gasteiger partial charge in [0.05, 0.1) is 6.61 Å². The molecule has 1 atom stereocenters. The Kier molecular flexibility index (Phi) is 4.29. The van der Waals surface area contributed by atoms with Gasteiger partial charge in [-0.1, -0.05) is 13.3 Å². The van der Waals surface area contributed by atoms with Crippen molar-refractivity contribution in [3.05, 3.63) is 0 Å². The van der Waals surface area contributed by atoms with Crippen molar-refractivity contribution in [2.24, 2.45) is 0 Å². The third-order valence-corrected chi connectivity index (χ3v) is 3.27. The molecule has 0 spiro atoms. The predicted molar refractivity (Wildman–Crippen MR) is 50.9 cm³/mol. The van der Waals surface area contributed by atoms with Gasteiger partial charge in [-0.3, -0.25) is 14.2 Å². The van der Waals surface area contributed by atoms with Gasteiger partial charge in [0.1, 0.15) is 0 Å². The lowest BCUT2D eigenvalue weighted by Crippen LogP contribution is -2.21. The molecule has 1 fully saturated rings. The fourth-order valence-corrected chi connectivity index (χ4v) is 2.23. The molecule has 0 bridgehead atoms. The number of hydrogen-bond acceptors (Lipinski definition) is 4. The summed E-state index contributed by atoms with van der Waals surface area (Å²) in [6.45, 7) is 2.32. The number of unbranched alkanes of at least 4 members (excludes halogenated alkanes) is 1. The lowest BCUT2D eigenvalue weighted by molar-refractivity contribution is -0.132. The van der Waals surface area contributed by atoms with Gasteiger partial charge in [-0.25, -0.2) is 4.67 Å². The van der Waals surface area contributed by atoms with Crippen LogP contribution in [0.4, 0.5) is 0 Å². The van der Waals surface area contributed by atoms with Gasteiger partial charge in [0.2, 0.25) is 11.8 Å². The van der Waals surface area contributed by atoms with E-state index in [1.165, 1.54) is 0 Å². The lowest BCUT2D eigenvalue weighted by Gasteiger charge is -2.12. The van der Waals surface area contributed by atoms with Gasteiger partial charge in [0.15, 0.2) is 0 Å². The molecule has 0 aromatic rings. The molecule has 0 N–H and O–H groups in total. The maximum Gasteiger partial charge on any atom is 0.293 e. The SMILES string of the molecule is CCCCO[PH](=O)N1C(=O)CCC1=O. The molecule has 0 aliphatic carbocycles. The van der Waals surface area contributed by atoms with Crippen molar-refractivity contribution >= 4 is 20.0 Å². The third kappa shape index (κ3) is 2.66. The Morgan fingerprint density at radius 2 is 1.93 bits per heavy atom. The molecule has 0 radical (unpaired) electrons. The van der Waals surface area contributed by atoms with Crippen LogP contribution in [0.15, 0.2) is 0 Å². The summed E-state index contributed by atoms with van der Waals surface area (Å²) in [5.41, 5.74) is 0. The van der Waals surface area contributed by atoms with Crippen LogP contribution in [0, 0.1) is 0 Å². The van der Waals surface area contributed by atoms with Gasteiger partial charge in [0.25, 0.3) is 8.18 Å². The summed E-state index contributed by atoms with van der Waals surface area (Å²) in [5.74, 6) is -0.759. The van der Waals surface area contributed by atoms with Crippen LogP contribution in [0.5, 0.6) is 0 Å². The summed E-state index contributed by atoms with van der Waals surface area (Å²) in [4.78, 5) is 22.2. The highest BCUT2D eigenvalue weighted by molar-refractivity contribution is 7.38. The van der Waals surface area contributed by atoms with E-state index in [0.717, 1.165) is 17.5 Å². The molecule has 0 aromatic carbocycles. The Morgan fingerprint density at radius 1 is 1.36 bits per heavy atom. The zero-order chi connectivity index (χ0) is 10.6. The van der Waals surface area contributed by atoms with Gasteiger partial charge >= 0.3 is 0 Å². The number of rotatable bonds is 5. The van der Waals surface area contributed by atoms with Crippen LogP contribution in [0.3, 0.4) is 0 Å². The van der Waals surface area contributed by atoms with Crippen LogP contribution in [0.2, 0.25) is 0 Å². The van der Waals surface area contributed by atoms with Gasteiger partial charge < -0.3 is 4.52 Å². The highest BCUT2D eigenvalue weighted by atomic mass is 31.1. The van der Waals surface area contributed by atoms with E-state index in [0.29, 0.717) is 6.61 Å². The molecule has 1 aliphatic heterocycles. The van der Waals surface area contributed by atoms with Crippen molar-refractivity contribution in [2.45, 2.75) is 32.6 Å². The smallest absolute Gasteiger partial charge is 0.293 e. The topological polar surface area (TPSA) is 63.7 Å². The molecule has 80 valence electrons. The summed E-state index contributed by atoms with van der Waals surface area (Å²) in [7, 11) is -2.65. The Morgan fingerprint density at radius 3 is 2.43 bits per heavy atom. The predicted octanol–water partition coefficient (Wildman–Crippen LogP) is 1.34.